The minimum absolute atomic E-state index is 0.160. The Bertz CT molecular complexity index is 889. The highest BCUT2D eigenvalue weighted by molar-refractivity contribution is 9.10. The zero-order chi connectivity index (χ0) is 17.1. The van der Waals surface area contributed by atoms with Crippen molar-refractivity contribution in [2.45, 2.75) is 0 Å². The maximum absolute atomic E-state index is 12.0. The molecule has 2 heterocycles. The fourth-order valence-electron chi connectivity index (χ4n) is 1.91. The first kappa shape index (κ1) is 16.4. The van der Waals surface area contributed by atoms with E-state index < -0.39 is 11.8 Å². The van der Waals surface area contributed by atoms with Crippen LogP contribution in [0, 0.1) is 0 Å². The highest BCUT2D eigenvalue weighted by Crippen LogP contribution is 2.26. The maximum Gasteiger partial charge on any atom is 0.291 e. The van der Waals surface area contributed by atoms with E-state index in [0.29, 0.717) is 16.0 Å². The Morgan fingerprint density at radius 3 is 2.42 bits per heavy atom. The zero-order valence-corrected chi connectivity index (χ0v) is 14.3. The first-order valence-corrected chi connectivity index (χ1v) is 7.91. The van der Waals surface area contributed by atoms with Gasteiger partial charge in [-0.15, -0.1) is 0 Å². The molecule has 2 aromatic heterocycles. The van der Waals surface area contributed by atoms with Gasteiger partial charge in [-0.3, -0.25) is 9.59 Å². The Kier molecular flexibility index (Phi) is 4.73. The first-order valence-electron chi connectivity index (χ1n) is 6.74. The van der Waals surface area contributed by atoms with Gasteiger partial charge in [-0.25, -0.2) is 0 Å². The van der Waals surface area contributed by atoms with Crippen LogP contribution in [-0.4, -0.2) is 11.8 Å². The quantitative estimate of drug-likeness (QED) is 0.648. The molecule has 0 atom stereocenters. The number of hydrogen-bond donors (Lipinski definition) is 2. The van der Waals surface area contributed by atoms with Crippen molar-refractivity contribution in [1.29, 1.82) is 0 Å². The summed E-state index contributed by atoms with van der Waals surface area (Å²) in [5.41, 5.74) is 0.866. The molecule has 3 aromatic rings. The summed E-state index contributed by atoms with van der Waals surface area (Å²) in [5, 5.41) is 5.55. The molecule has 122 valence electrons. The second-order valence-corrected chi connectivity index (χ2v) is 5.87. The van der Waals surface area contributed by atoms with Crippen LogP contribution in [-0.2, 0) is 0 Å². The lowest BCUT2D eigenvalue weighted by Crippen LogP contribution is -2.13. The van der Waals surface area contributed by atoms with Crippen LogP contribution in [0.1, 0.15) is 21.1 Å². The first-order chi connectivity index (χ1) is 11.5. The lowest BCUT2D eigenvalue weighted by atomic mass is 10.2. The van der Waals surface area contributed by atoms with Crippen LogP contribution in [0.15, 0.2) is 62.2 Å². The van der Waals surface area contributed by atoms with Gasteiger partial charge in [0.2, 0.25) is 0 Å². The van der Waals surface area contributed by atoms with Crippen molar-refractivity contribution in [2.75, 3.05) is 10.6 Å². The SMILES string of the molecule is O=C(Nc1ccc(NC(=O)c2ccc(Br)o2)cc1Cl)c1ccco1. The molecule has 24 heavy (non-hydrogen) atoms. The van der Waals surface area contributed by atoms with E-state index >= 15 is 0 Å². The van der Waals surface area contributed by atoms with Crippen molar-refractivity contribution in [2.24, 2.45) is 0 Å². The van der Waals surface area contributed by atoms with Gasteiger partial charge < -0.3 is 19.5 Å². The van der Waals surface area contributed by atoms with Crippen LogP contribution in [0.3, 0.4) is 0 Å². The molecule has 0 saturated heterocycles. The van der Waals surface area contributed by atoms with E-state index in [2.05, 4.69) is 26.6 Å². The third-order valence-corrected chi connectivity index (χ3v) is 3.76. The van der Waals surface area contributed by atoms with Crippen LogP contribution >= 0.6 is 27.5 Å². The van der Waals surface area contributed by atoms with Crippen molar-refractivity contribution < 1.29 is 18.4 Å². The molecular weight excluding hydrogens is 400 g/mol. The largest absolute Gasteiger partial charge is 0.459 e. The van der Waals surface area contributed by atoms with Gasteiger partial charge in [-0.05, 0) is 58.4 Å². The van der Waals surface area contributed by atoms with Crippen LogP contribution < -0.4 is 10.6 Å². The number of hydrogen-bond acceptors (Lipinski definition) is 4. The Hall–Kier alpha value is -2.51. The smallest absolute Gasteiger partial charge is 0.291 e. The lowest BCUT2D eigenvalue weighted by molar-refractivity contribution is 0.0988. The van der Waals surface area contributed by atoms with E-state index in [1.807, 2.05) is 0 Å². The summed E-state index contributed by atoms with van der Waals surface area (Å²) in [5.74, 6) is -0.497. The van der Waals surface area contributed by atoms with Gasteiger partial charge in [0.05, 0.1) is 17.0 Å². The molecule has 0 saturated carbocycles. The molecular formula is C16H10BrClN2O4. The summed E-state index contributed by atoms with van der Waals surface area (Å²) in [6.07, 6.45) is 1.40. The van der Waals surface area contributed by atoms with Crippen LogP contribution in [0.25, 0.3) is 0 Å². The third kappa shape index (κ3) is 3.69. The second-order valence-electron chi connectivity index (χ2n) is 4.68. The van der Waals surface area contributed by atoms with Gasteiger partial charge in [0.1, 0.15) is 0 Å². The Balaban J connectivity index is 1.70. The fourth-order valence-corrected chi connectivity index (χ4v) is 2.45. The molecule has 6 nitrogen and oxygen atoms in total. The molecule has 0 aliphatic carbocycles. The summed E-state index contributed by atoms with van der Waals surface area (Å²) in [6, 6.07) is 11.0. The van der Waals surface area contributed by atoms with Gasteiger partial charge in [0.15, 0.2) is 16.2 Å². The topological polar surface area (TPSA) is 84.5 Å². The van der Waals surface area contributed by atoms with Gasteiger partial charge in [-0.2, -0.15) is 0 Å². The number of carbonyl (C=O) groups excluding carboxylic acids is 2. The summed E-state index contributed by atoms with van der Waals surface area (Å²) in [6.45, 7) is 0. The van der Waals surface area contributed by atoms with Gasteiger partial charge in [0.25, 0.3) is 11.8 Å². The molecule has 0 aliphatic rings. The number of rotatable bonds is 4. The van der Waals surface area contributed by atoms with Crippen molar-refractivity contribution in [3.05, 3.63) is 69.9 Å². The number of amides is 2. The summed E-state index contributed by atoms with van der Waals surface area (Å²) >= 11 is 9.27. The van der Waals surface area contributed by atoms with Crippen molar-refractivity contribution in [1.82, 2.24) is 0 Å². The van der Waals surface area contributed by atoms with E-state index in [1.54, 1.807) is 36.4 Å². The molecule has 0 unspecified atom stereocenters. The lowest BCUT2D eigenvalue weighted by Gasteiger charge is -2.09. The van der Waals surface area contributed by atoms with Crippen LogP contribution in [0.4, 0.5) is 11.4 Å². The third-order valence-electron chi connectivity index (χ3n) is 3.02. The molecule has 8 heteroatoms. The van der Waals surface area contributed by atoms with Crippen molar-refractivity contribution in [3.63, 3.8) is 0 Å². The van der Waals surface area contributed by atoms with Gasteiger partial charge in [0, 0.05) is 5.69 Å². The number of anilines is 2. The molecule has 2 N–H and O–H groups in total. The monoisotopic (exact) mass is 408 g/mol. The van der Waals surface area contributed by atoms with Crippen LogP contribution in [0.2, 0.25) is 5.02 Å². The molecule has 3 rings (SSSR count). The molecule has 0 fully saturated rings. The Morgan fingerprint density at radius 1 is 1.00 bits per heavy atom. The van der Waals surface area contributed by atoms with E-state index in [9.17, 15) is 9.59 Å². The minimum atomic E-state index is -0.417. The zero-order valence-electron chi connectivity index (χ0n) is 12.0. The maximum atomic E-state index is 12.0. The Morgan fingerprint density at radius 2 is 1.79 bits per heavy atom. The Labute approximate surface area is 149 Å². The number of halogens is 2. The van der Waals surface area contributed by atoms with E-state index in [0.717, 1.165) is 0 Å². The molecule has 2 amide bonds. The van der Waals surface area contributed by atoms with Gasteiger partial charge in [-0.1, -0.05) is 11.6 Å². The number of carbonyl (C=O) groups is 2. The molecule has 0 spiro atoms. The molecule has 0 radical (unpaired) electrons. The standard InChI is InChI=1S/C16H10BrClN2O4/c17-14-6-5-13(24-14)16(22)19-9-3-4-11(10(18)8-9)20-15(21)12-2-1-7-23-12/h1-8H,(H,19,22)(H,20,21). The van der Waals surface area contributed by atoms with Crippen molar-refractivity contribution in [3.8, 4) is 0 Å². The normalized spacial score (nSPS) is 10.4. The highest BCUT2D eigenvalue weighted by atomic mass is 79.9. The summed E-state index contributed by atoms with van der Waals surface area (Å²) in [7, 11) is 0. The predicted molar refractivity (Wildman–Crippen MR) is 92.5 cm³/mol. The fraction of sp³-hybridized carbons (Fsp3) is 0. The summed E-state index contributed by atoms with van der Waals surface area (Å²) in [4.78, 5) is 23.9. The van der Waals surface area contributed by atoms with E-state index in [1.165, 1.54) is 12.3 Å². The number of nitrogens with one attached hydrogen (secondary N) is 2. The second kappa shape index (κ2) is 6.94. The molecule has 1 aromatic carbocycles. The summed E-state index contributed by atoms with van der Waals surface area (Å²) < 4.78 is 10.6. The van der Waals surface area contributed by atoms with E-state index in [4.69, 9.17) is 20.4 Å². The van der Waals surface area contributed by atoms with Crippen molar-refractivity contribution >= 4 is 50.7 Å². The molecule has 0 aliphatic heterocycles. The average molecular weight is 410 g/mol. The minimum Gasteiger partial charge on any atom is -0.459 e. The van der Waals surface area contributed by atoms with Crippen LogP contribution in [0.5, 0.6) is 0 Å². The molecule has 0 bridgehead atoms. The van der Waals surface area contributed by atoms with Gasteiger partial charge >= 0.3 is 0 Å². The highest BCUT2D eigenvalue weighted by Gasteiger charge is 2.14. The number of benzene rings is 1. The predicted octanol–water partition coefficient (Wildman–Crippen LogP) is 4.79. The number of furan rings is 2. The average Bonchev–Trinajstić information content (AvgIpc) is 3.21. The van der Waals surface area contributed by atoms with E-state index in [-0.39, 0.29) is 16.5 Å².